The van der Waals surface area contributed by atoms with Crippen LogP contribution in [0.2, 0.25) is 0 Å². The van der Waals surface area contributed by atoms with Gasteiger partial charge in [0.25, 0.3) is 0 Å². The number of nitrogens with two attached hydrogens (primary N) is 1. The Labute approximate surface area is 129 Å². The average molecular weight is 354 g/mol. The Balaban J connectivity index is 2.11. The van der Waals surface area contributed by atoms with Gasteiger partial charge in [-0.15, -0.1) is 0 Å². The van der Waals surface area contributed by atoms with E-state index in [9.17, 15) is 9.18 Å². The number of rotatable bonds is 4. The maximum absolute atomic E-state index is 13.6. The van der Waals surface area contributed by atoms with Crippen molar-refractivity contribution in [2.24, 2.45) is 0 Å². The zero-order valence-electron chi connectivity index (χ0n) is 11.2. The van der Waals surface area contributed by atoms with Crippen LogP contribution in [-0.2, 0) is 11.3 Å². The SMILES string of the molecule is COc1cc(N)ccc1C(=O)OCc1ccc(Br)cc1F. The standard InChI is InChI=1S/C15H13BrFNO3/c1-20-14-7-11(18)4-5-12(14)15(19)21-8-9-2-3-10(16)6-13(9)17/h2-7H,8,18H2,1H3. The summed E-state index contributed by atoms with van der Waals surface area (Å²) in [5.41, 5.74) is 6.62. The van der Waals surface area contributed by atoms with Gasteiger partial charge in [-0.1, -0.05) is 22.0 Å². The molecule has 2 rings (SSSR count). The summed E-state index contributed by atoms with van der Waals surface area (Å²) in [6, 6.07) is 9.14. The molecule has 2 N–H and O–H groups in total. The zero-order chi connectivity index (χ0) is 15.4. The maximum Gasteiger partial charge on any atom is 0.342 e. The van der Waals surface area contributed by atoms with Gasteiger partial charge in [0.15, 0.2) is 0 Å². The summed E-state index contributed by atoms with van der Waals surface area (Å²) < 4.78 is 24.4. The fraction of sp³-hybridized carbons (Fsp3) is 0.133. The topological polar surface area (TPSA) is 61.5 Å². The first-order valence-electron chi connectivity index (χ1n) is 6.06. The molecule has 2 aromatic rings. The first kappa shape index (κ1) is 15.3. The normalized spacial score (nSPS) is 10.2. The molecule has 0 radical (unpaired) electrons. The number of halogens is 2. The van der Waals surface area contributed by atoms with Crippen molar-refractivity contribution in [3.05, 3.63) is 57.8 Å². The summed E-state index contributed by atoms with van der Waals surface area (Å²) in [4.78, 5) is 12.0. The largest absolute Gasteiger partial charge is 0.496 e. The molecule has 0 unspecified atom stereocenters. The summed E-state index contributed by atoms with van der Waals surface area (Å²) in [5.74, 6) is -0.730. The van der Waals surface area contributed by atoms with Crippen molar-refractivity contribution in [1.82, 2.24) is 0 Å². The molecule has 2 aromatic carbocycles. The highest BCUT2D eigenvalue weighted by atomic mass is 79.9. The second-order valence-electron chi connectivity index (χ2n) is 4.27. The van der Waals surface area contributed by atoms with Crippen LogP contribution in [-0.4, -0.2) is 13.1 Å². The molecule has 0 aromatic heterocycles. The minimum absolute atomic E-state index is 0.161. The third kappa shape index (κ3) is 3.72. The lowest BCUT2D eigenvalue weighted by atomic mass is 10.2. The molecular weight excluding hydrogens is 341 g/mol. The highest BCUT2D eigenvalue weighted by Crippen LogP contribution is 2.23. The van der Waals surface area contributed by atoms with Crippen LogP contribution >= 0.6 is 15.9 Å². The molecule has 0 aliphatic carbocycles. The van der Waals surface area contributed by atoms with Crippen LogP contribution in [0.4, 0.5) is 10.1 Å². The second-order valence-corrected chi connectivity index (χ2v) is 5.19. The summed E-state index contributed by atoms with van der Waals surface area (Å²) >= 11 is 3.16. The zero-order valence-corrected chi connectivity index (χ0v) is 12.8. The van der Waals surface area contributed by atoms with E-state index in [2.05, 4.69) is 15.9 Å². The molecule has 6 heteroatoms. The molecule has 0 aliphatic rings. The van der Waals surface area contributed by atoms with E-state index in [1.54, 1.807) is 18.2 Å². The minimum atomic E-state index is -0.603. The molecule has 0 amide bonds. The predicted octanol–water partition coefficient (Wildman–Crippen LogP) is 3.54. The third-order valence-electron chi connectivity index (χ3n) is 2.82. The fourth-order valence-electron chi connectivity index (χ4n) is 1.74. The lowest BCUT2D eigenvalue weighted by Gasteiger charge is -2.10. The van der Waals surface area contributed by atoms with Crippen molar-refractivity contribution >= 4 is 27.6 Å². The van der Waals surface area contributed by atoms with E-state index in [1.807, 2.05) is 0 Å². The van der Waals surface area contributed by atoms with Crippen molar-refractivity contribution in [2.75, 3.05) is 12.8 Å². The van der Waals surface area contributed by atoms with Gasteiger partial charge in [0, 0.05) is 21.8 Å². The Hall–Kier alpha value is -2.08. The number of hydrogen-bond donors (Lipinski definition) is 1. The van der Waals surface area contributed by atoms with Gasteiger partial charge in [-0.25, -0.2) is 9.18 Å². The molecule has 110 valence electrons. The number of benzene rings is 2. The Morgan fingerprint density at radius 3 is 2.71 bits per heavy atom. The van der Waals surface area contributed by atoms with Crippen LogP contribution in [0.25, 0.3) is 0 Å². The fourth-order valence-corrected chi connectivity index (χ4v) is 2.07. The third-order valence-corrected chi connectivity index (χ3v) is 3.31. The Bertz CT molecular complexity index is 676. The van der Waals surface area contributed by atoms with Crippen molar-refractivity contribution < 1.29 is 18.7 Å². The Kier molecular flexibility index (Phi) is 4.80. The van der Waals surface area contributed by atoms with E-state index in [4.69, 9.17) is 15.2 Å². The van der Waals surface area contributed by atoms with Gasteiger partial charge in [-0.2, -0.15) is 0 Å². The molecule has 0 saturated heterocycles. The predicted molar refractivity (Wildman–Crippen MR) is 80.6 cm³/mol. The van der Waals surface area contributed by atoms with Crippen LogP contribution in [0.3, 0.4) is 0 Å². The molecular formula is C15H13BrFNO3. The first-order chi connectivity index (χ1) is 10.0. The summed E-state index contributed by atoms with van der Waals surface area (Å²) in [5, 5.41) is 0. The number of ether oxygens (including phenoxy) is 2. The molecule has 21 heavy (non-hydrogen) atoms. The molecule has 0 spiro atoms. The van der Waals surface area contributed by atoms with E-state index < -0.39 is 11.8 Å². The van der Waals surface area contributed by atoms with Crippen molar-refractivity contribution in [3.63, 3.8) is 0 Å². The summed E-state index contributed by atoms with van der Waals surface area (Å²) in [6.45, 7) is -0.161. The molecule has 0 fully saturated rings. The van der Waals surface area contributed by atoms with Gasteiger partial charge in [0.2, 0.25) is 0 Å². The number of methoxy groups -OCH3 is 1. The van der Waals surface area contributed by atoms with E-state index in [-0.39, 0.29) is 12.2 Å². The van der Waals surface area contributed by atoms with Crippen molar-refractivity contribution in [3.8, 4) is 5.75 Å². The second kappa shape index (κ2) is 6.58. The molecule has 4 nitrogen and oxygen atoms in total. The number of carbonyl (C=O) groups is 1. The van der Waals surface area contributed by atoms with E-state index in [0.717, 1.165) is 0 Å². The average Bonchev–Trinajstić information content (AvgIpc) is 2.45. The Morgan fingerprint density at radius 1 is 1.29 bits per heavy atom. The van der Waals surface area contributed by atoms with Crippen molar-refractivity contribution in [2.45, 2.75) is 6.61 Å². The summed E-state index contributed by atoms with van der Waals surface area (Å²) in [7, 11) is 1.43. The number of carbonyl (C=O) groups excluding carboxylic acids is 1. The van der Waals surface area contributed by atoms with Crippen LogP contribution in [0.5, 0.6) is 5.75 Å². The number of esters is 1. The van der Waals surface area contributed by atoms with Crippen LogP contribution < -0.4 is 10.5 Å². The van der Waals surface area contributed by atoms with Gasteiger partial charge in [0.05, 0.1) is 7.11 Å². The van der Waals surface area contributed by atoms with Crippen LogP contribution in [0.1, 0.15) is 15.9 Å². The van der Waals surface area contributed by atoms with E-state index in [0.29, 0.717) is 21.5 Å². The smallest absolute Gasteiger partial charge is 0.342 e. The van der Waals surface area contributed by atoms with Crippen LogP contribution in [0.15, 0.2) is 40.9 Å². The molecule has 0 aliphatic heterocycles. The quantitative estimate of drug-likeness (QED) is 0.674. The number of nitrogen functional groups attached to an aromatic ring is 1. The monoisotopic (exact) mass is 353 g/mol. The van der Waals surface area contributed by atoms with Gasteiger partial charge < -0.3 is 15.2 Å². The maximum atomic E-state index is 13.6. The van der Waals surface area contributed by atoms with Crippen molar-refractivity contribution in [1.29, 1.82) is 0 Å². The Morgan fingerprint density at radius 2 is 2.05 bits per heavy atom. The summed E-state index contributed by atoms with van der Waals surface area (Å²) in [6.07, 6.45) is 0. The lowest BCUT2D eigenvalue weighted by molar-refractivity contribution is 0.0465. The number of hydrogen-bond acceptors (Lipinski definition) is 4. The first-order valence-corrected chi connectivity index (χ1v) is 6.85. The molecule has 0 atom stereocenters. The van der Waals surface area contributed by atoms with Gasteiger partial charge >= 0.3 is 5.97 Å². The van der Waals surface area contributed by atoms with Gasteiger partial charge in [0.1, 0.15) is 23.7 Å². The highest BCUT2D eigenvalue weighted by Gasteiger charge is 2.15. The highest BCUT2D eigenvalue weighted by molar-refractivity contribution is 9.10. The van der Waals surface area contributed by atoms with Gasteiger partial charge in [-0.3, -0.25) is 0 Å². The van der Waals surface area contributed by atoms with Gasteiger partial charge in [-0.05, 0) is 24.3 Å². The number of anilines is 1. The van der Waals surface area contributed by atoms with E-state index in [1.165, 1.54) is 25.3 Å². The molecule has 0 heterocycles. The van der Waals surface area contributed by atoms with E-state index >= 15 is 0 Å². The minimum Gasteiger partial charge on any atom is -0.496 e. The lowest BCUT2D eigenvalue weighted by Crippen LogP contribution is -2.08. The van der Waals surface area contributed by atoms with Crippen LogP contribution in [0, 0.1) is 5.82 Å². The molecule has 0 bridgehead atoms. The molecule has 0 saturated carbocycles.